The minimum Gasteiger partial charge on any atom is -0.383 e. The fraction of sp³-hybridized carbons (Fsp3) is 0.733. The zero-order valence-corrected chi connectivity index (χ0v) is 13.4. The number of ether oxygens (including phenoxy) is 1. The first-order valence-corrected chi connectivity index (χ1v) is 7.42. The second-order valence-electron chi connectivity index (χ2n) is 5.11. The van der Waals surface area contributed by atoms with E-state index in [0.29, 0.717) is 6.04 Å². The van der Waals surface area contributed by atoms with Crippen LogP contribution in [0.5, 0.6) is 0 Å². The summed E-state index contributed by atoms with van der Waals surface area (Å²) in [5.74, 6) is 1.79. The molecule has 0 aromatic carbocycles. The molecule has 0 aliphatic heterocycles. The monoisotopic (exact) mass is 280 g/mol. The number of methoxy groups -OCH3 is 1. The Kier molecular flexibility index (Phi) is 7.47. The van der Waals surface area contributed by atoms with Gasteiger partial charge in [-0.15, -0.1) is 0 Å². The zero-order chi connectivity index (χ0) is 15.0. The van der Waals surface area contributed by atoms with Gasteiger partial charge in [0.25, 0.3) is 0 Å². The Morgan fingerprint density at radius 2 is 2.10 bits per heavy atom. The highest BCUT2D eigenvalue weighted by atomic mass is 16.5. The van der Waals surface area contributed by atoms with E-state index in [4.69, 9.17) is 4.74 Å². The summed E-state index contributed by atoms with van der Waals surface area (Å²) in [4.78, 5) is 11.5. The molecule has 0 bridgehead atoms. The highest BCUT2D eigenvalue weighted by Gasteiger charge is 2.14. The number of nitrogens with zero attached hydrogens (tertiary/aromatic N) is 3. The molecular weight excluding hydrogens is 252 g/mol. The van der Waals surface area contributed by atoms with Crippen molar-refractivity contribution in [1.29, 1.82) is 0 Å². The van der Waals surface area contributed by atoms with E-state index in [0.717, 1.165) is 50.0 Å². The Morgan fingerprint density at radius 1 is 1.35 bits per heavy atom. The summed E-state index contributed by atoms with van der Waals surface area (Å²) in [6, 6.07) is 2.36. The van der Waals surface area contributed by atoms with Gasteiger partial charge >= 0.3 is 0 Å². The first kappa shape index (κ1) is 16.9. The van der Waals surface area contributed by atoms with Gasteiger partial charge in [0.1, 0.15) is 11.6 Å². The number of hydrogen-bond acceptors (Lipinski definition) is 5. The second kappa shape index (κ2) is 8.87. The molecule has 1 rings (SSSR count). The molecule has 0 spiro atoms. The highest BCUT2D eigenvalue weighted by molar-refractivity contribution is 5.35. The highest BCUT2D eigenvalue weighted by Crippen LogP contribution is 2.10. The van der Waals surface area contributed by atoms with Crippen LogP contribution in [0.4, 0.5) is 5.82 Å². The number of aromatic nitrogens is 2. The third-order valence-electron chi connectivity index (χ3n) is 3.24. The van der Waals surface area contributed by atoms with Gasteiger partial charge in [-0.2, -0.15) is 0 Å². The maximum Gasteiger partial charge on any atom is 0.144 e. The van der Waals surface area contributed by atoms with Gasteiger partial charge in [-0.3, -0.25) is 4.90 Å². The Balaban J connectivity index is 2.76. The van der Waals surface area contributed by atoms with E-state index in [-0.39, 0.29) is 0 Å². The van der Waals surface area contributed by atoms with Crippen molar-refractivity contribution in [2.24, 2.45) is 0 Å². The van der Waals surface area contributed by atoms with Crippen molar-refractivity contribution in [2.75, 3.05) is 32.1 Å². The number of aryl methyl sites for hydroxylation is 1. The van der Waals surface area contributed by atoms with Gasteiger partial charge < -0.3 is 10.1 Å². The van der Waals surface area contributed by atoms with Gasteiger partial charge in [0.05, 0.1) is 13.2 Å². The quantitative estimate of drug-likeness (QED) is 0.753. The van der Waals surface area contributed by atoms with Crippen LogP contribution in [0.25, 0.3) is 0 Å². The molecule has 20 heavy (non-hydrogen) atoms. The van der Waals surface area contributed by atoms with Crippen molar-refractivity contribution in [2.45, 2.75) is 46.7 Å². The van der Waals surface area contributed by atoms with Crippen LogP contribution in [0.3, 0.4) is 0 Å². The molecule has 0 aliphatic carbocycles. The van der Waals surface area contributed by atoms with Gasteiger partial charge in [0, 0.05) is 31.5 Å². The minimum absolute atomic E-state index is 0.362. The summed E-state index contributed by atoms with van der Waals surface area (Å²) < 4.78 is 5.23. The number of rotatable bonds is 9. The van der Waals surface area contributed by atoms with Crippen molar-refractivity contribution in [3.05, 3.63) is 17.6 Å². The van der Waals surface area contributed by atoms with Crippen LogP contribution in [-0.4, -0.2) is 47.7 Å². The smallest absolute Gasteiger partial charge is 0.144 e. The third kappa shape index (κ3) is 5.43. The normalized spacial score (nSPS) is 12.7. The maximum absolute atomic E-state index is 5.23. The molecule has 1 unspecified atom stereocenters. The summed E-state index contributed by atoms with van der Waals surface area (Å²) >= 11 is 0. The van der Waals surface area contributed by atoms with Crippen LogP contribution >= 0.6 is 0 Å². The van der Waals surface area contributed by atoms with Crippen LogP contribution in [-0.2, 0) is 11.3 Å². The molecule has 1 heterocycles. The first-order chi connectivity index (χ1) is 9.60. The number of likely N-dealkylation sites (N-methyl/N-ethyl adjacent to an activating group) is 1. The van der Waals surface area contributed by atoms with Crippen molar-refractivity contribution in [3.63, 3.8) is 0 Å². The fourth-order valence-corrected chi connectivity index (χ4v) is 2.15. The number of anilines is 1. The number of hydrogen-bond donors (Lipinski definition) is 1. The molecular formula is C15H28N4O. The SMILES string of the molecule is CCCNc1cc(C)nc(CN(CC)C(C)COC)n1. The van der Waals surface area contributed by atoms with E-state index in [2.05, 4.69) is 41.0 Å². The fourth-order valence-electron chi connectivity index (χ4n) is 2.15. The largest absolute Gasteiger partial charge is 0.383 e. The lowest BCUT2D eigenvalue weighted by atomic mass is 10.3. The first-order valence-electron chi connectivity index (χ1n) is 7.42. The van der Waals surface area contributed by atoms with E-state index in [1.54, 1.807) is 7.11 Å². The summed E-state index contributed by atoms with van der Waals surface area (Å²) in [7, 11) is 1.74. The maximum atomic E-state index is 5.23. The Bertz CT molecular complexity index is 397. The summed E-state index contributed by atoms with van der Waals surface area (Å²) in [6.07, 6.45) is 1.09. The van der Waals surface area contributed by atoms with Crippen LogP contribution in [0, 0.1) is 6.92 Å². The lowest BCUT2D eigenvalue weighted by Crippen LogP contribution is -2.36. The van der Waals surface area contributed by atoms with Crippen LogP contribution in [0.15, 0.2) is 6.07 Å². The average Bonchev–Trinajstić information content (AvgIpc) is 2.42. The molecule has 1 aromatic rings. The van der Waals surface area contributed by atoms with E-state index in [1.165, 1.54) is 0 Å². The van der Waals surface area contributed by atoms with Gasteiger partial charge in [0.15, 0.2) is 0 Å². The average molecular weight is 280 g/mol. The molecule has 0 aliphatic rings. The van der Waals surface area contributed by atoms with Crippen molar-refractivity contribution in [3.8, 4) is 0 Å². The predicted molar refractivity (Wildman–Crippen MR) is 83.0 cm³/mol. The van der Waals surface area contributed by atoms with E-state index in [9.17, 15) is 0 Å². The van der Waals surface area contributed by atoms with Gasteiger partial charge in [-0.05, 0) is 26.8 Å². The van der Waals surface area contributed by atoms with Crippen molar-refractivity contribution < 1.29 is 4.74 Å². The van der Waals surface area contributed by atoms with E-state index < -0.39 is 0 Å². The molecule has 0 saturated heterocycles. The Morgan fingerprint density at radius 3 is 2.70 bits per heavy atom. The molecule has 114 valence electrons. The molecule has 1 N–H and O–H groups in total. The zero-order valence-electron chi connectivity index (χ0n) is 13.4. The Labute approximate surface area is 122 Å². The molecule has 5 heteroatoms. The molecule has 0 amide bonds. The molecule has 1 atom stereocenters. The standard InChI is InChI=1S/C15H28N4O/c1-6-8-16-14-9-12(3)17-15(18-14)10-19(7-2)13(4)11-20-5/h9,13H,6-8,10-11H2,1-5H3,(H,16,17,18). The van der Waals surface area contributed by atoms with E-state index in [1.807, 2.05) is 13.0 Å². The Hall–Kier alpha value is -1.20. The number of nitrogens with one attached hydrogen (secondary N) is 1. The van der Waals surface area contributed by atoms with Crippen LogP contribution in [0.1, 0.15) is 38.7 Å². The van der Waals surface area contributed by atoms with Crippen molar-refractivity contribution >= 4 is 5.82 Å². The van der Waals surface area contributed by atoms with Gasteiger partial charge in [-0.25, -0.2) is 9.97 Å². The molecule has 0 fully saturated rings. The summed E-state index contributed by atoms with van der Waals surface area (Å²) in [6.45, 7) is 11.8. The van der Waals surface area contributed by atoms with Gasteiger partial charge in [0.2, 0.25) is 0 Å². The third-order valence-corrected chi connectivity index (χ3v) is 3.24. The van der Waals surface area contributed by atoms with Crippen molar-refractivity contribution in [1.82, 2.24) is 14.9 Å². The molecule has 1 aromatic heterocycles. The second-order valence-corrected chi connectivity index (χ2v) is 5.11. The summed E-state index contributed by atoms with van der Waals surface area (Å²) in [5.41, 5.74) is 1.00. The van der Waals surface area contributed by atoms with Crippen LogP contribution < -0.4 is 5.32 Å². The van der Waals surface area contributed by atoms with Gasteiger partial charge in [-0.1, -0.05) is 13.8 Å². The lowest BCUT2D eigenvalue weighted by molar-refractivity contribution is 0.0965. The molecule has 5 nitrogen and oxygen atoms in total. The minimum atomic E-state index is 0.362. The van der Waals surface area contributed by atoms with E-state index >= 15 is 0 Å². The topological polar surface area (TPSA) is 50.3 Å². The lowest BCUT2D eigenvalue weighted by Gasteiger charge is -2.26. The molecule has 0 radical (unpaired) electrons. The molecule has 0 saturated carbocycles. The predicted octanol–water partition coefficient (Wildman–Crippen LogP) is 2.46. The van der Waals surface area contributed by atoms with Crippen LogP contribution in [0.2, 0.25) is 0 Å². The summed E-state index contributed by atoms with van der Waals surface area (Å²) in [5, 5.41) is 3.33.